The Morgan fingerprint density at radius 3 is 2.71 bits per heavy atom. The smallest absolute Gasteiger partial charge is 0.258 e. The van der Waals surface area contributed by atoms with Gasteiger partial charge in [-0.05, 0) is 31.4 Å². The van der Waals surface area contributed by atoms with Crippen molar-refractivity contribution in [2.24, 2.45) is 5.92 Å². The van der Waals surface area contributed by atoms with E-state index in [-0.39, 0.29) is 5.56 Å². The molecule has 0 unspecified atom stereocenters. The van der Waals surface area contributed by atoms with Crippen LogP contribution in [0.15, 0.2) is 18.2 Å². The molecule has 2 N–H and O–H groups in total. The van der Waals surface area contributed by atoms with E-state index in [0.29, 0.717) is 29.8 Å². The first-order valence-electron chi connectivity index (χ1n) is 6.68. The Morgan fingerprint density at radius 1 is 1.38 bits per heavy atom. The molecule has 1 aromatic heterocycles. The third-order valence-corrected chi connectivity index (χ3v) is 3.04. The molecule has 1 heterocycles. The zero-order chi connectivity index (χ0) is 15.6. The molecule has 0 radical (unpaired) electrons. The van der Waals surface area contributed by atoms with Gasteiger partial charge in [-0.15, -0.1) is 0 Å². The standard InChI is InChI=1S/C15H17F2N3O/c1-8(2)6-13-14(9(3)19-20-13)18-15(21)11-5-4-10(16)7-12(11)17/h4-5,7-8H,6H2,1-3H3,(H,18,21)(H,19,20). The van der Waals surface area contributed by atoms with Crippen molar-refractivity contribution in [2.75, 3.05) is 5.32 Å². The van der Waals surface area contributed by atoms with Gasteiger partial charge in [0, 0.05) is 6.07 Å². The molecular weight excluding hydrogens is 276 g/mol. The van der Waals surface area contributed by atoms with Gasteiger partial charge < -0.3 is 5.32 Å². The van der Waals surface area contributed by atoms with E-state index >= 15 is 0 Å². The van der Waals surface area contributed by atoms with Gasteiger partial charge in [0.05, 0.1) is 22.6 Å². The van der Waals surface area contributed by atoms with Gasteiger partial charge in [0.1, 0.15) is 11.6 Å². The molecular formula is C15H17F2N3O. The summed E-state index contributed by atoms with van der Waals surface area (Å²) in [7, 11) is 0. The third-order valence-electron chi connectivity index (χ3n) is 3.04. The number of nitrogens with one attached hydrogen (secondary N) is 2. The largest absolute Gasteiger partial charge is 0.319 e. The number of anilines is 1. The molecule has 1 aromatic carbocycles. The van der Waals surface area contributed by atoms with Crippen LogP contribution >= 0.6 is 0 Å². The molecule has 0 saturated heterocycles. The maximum Gasteiger partial charge on any atom is 0.258 e. The number of halogens is 2. The first kappa shape index (κ1) is 15.2. The first-order chi connectivity index (χ1) is 9.88. The van der Waals surface area contributed by atoms with Crippen LogP contribution in [-0.4, -0.2) is 16.1 Å². The highest BCUT2D eigenvalue weighted by Gasteiger charge is 2.18. The topological polar surface area (TPSA) is 57.8 Å². The lowest BCUT2D eigenvalue weighted by molar-refractivity contribution is 0.102. The van der Waals surface area contributed by atoms with E-state index < -0.39 is 17.5 Å². The quantitative estimate of drug-likeness (QED) is 0.907. The highest BCUT2D eigenvalue weighted by Crippen LogP contribution is 2.22. The van der Waals surface area contributed by atoms with Crippen LogP contribution in [0.2, 0.25) is 0 Å². The van der Waals surface area contributed by atoms with Gasteiger partial charge in [-0.2, -0.15) is 5.10 Å². The van der Waals surface area contributed by atoms with Crippen LogP contribution in [0, 0.1) is 24.5 Å². The van der Waals surface area contributed by atoms with E-state index in [9.17, 15) is 13.6 Å². The molecule has 2 rings (SSSR count). The predicted octanol–water partition coefficient (Wildman–Crippen LogP) is 3.45. The van der Waals surface area contributed by atoms with Crippen LogP contribution in [-0.2, 0) is 6.42 Å². The summed E-state index contributed by atoms with van der Waals surface area (Å²) < 4.78 is 26.5. The Hall–Kier alpha value is -2.24. The number of nitrogens with zero attached hydrogens (tertiary/aromatic N) is 1. The van der Waals surface area contributed by atoms with Crippen molar-refractivity contribution in [1.29, 1.82) is 0 Å². The second-order valence-electron chi connectivity index (χ2n) is 5.35. The number of aromatic nitrogens is 2. The van der Waals surface area contributed by atoms with Gasteiger partial charge >= 0.3 is 0 Å². The lowest BCUT2D eigenvalue weighted by Gasteiger charge is -2.09. The normalized spacial score (nSPS) is 11.0. The monoisotopic (exact) mass is 293 g/mol. The molecule has 0 saturated carbocycles. The summed E-state index contributed by atoms with van der Waals surface area (Å²) in [5.74, 6) is -1.86. The van der Waals surface area contributed by atoms with Crippen molar-refractivity contribution < 1.29 is 13.6 Å². The number of amides is 1. The van der Waals surface area contributed by atoms with E-state index in [2.05, 4.69) is 15.5 Å². The molecule has 0 spiro atoms. The van der Waals surface area contributed by atoms with E-state index in [1.807, 2.05) is 13.8 Å². The van der Waals surface area contributed by atoms with Crippen LogP contribution in [0.4, 0.5) is 14.5 Å². The maximum atomic E-state index is 13.6. The minimum Gasteiger partial charge on any atom is -0.319 e. The van der Waals surface area contributed by atoms with Crippen molar-refractivity contribution in [1.82, 2.24) is 10.2 Å². The fourth-order valence-electron chi connectivity index (χ4n) is 2.03. The summed E-state index contributed by atoms with van der Waals surface area (Å²) in [6.07, 6.45) is 0.686. The average molecular weight is 293 g/mol. The Labute approximate surface area is 121 Å². The van der Waals surface area contributed by atoms with Gasteiger partial charge in [-0.3, -0.25) is 9.89 Å². The molecule has 1 amide bonds. The Bertz CT molecular complexity index is 665. The van der Waals surface area contributed by atoms with Crippen molar-refractivity contribution in [2.45, 2.75) is 27.2 Å². The van der Waals surface area contributed by atoms with Crippen LogP contribution in [0.5, 0.6) is 0 Å². The summed E-state index contributed by atoms with van der Waals surface area (Å²) in [5, 5.41) is 9.60. The van der Waals surface area contributed by atoms with Gasteiger partial charge in [-0.1, -0.05) is 13.8 Å². The maximum absolute atomic E-state index is 13.6. The van der Waals surface area contributed by atoms with Crippen LogP contribution in [0.1, 0.15) is 35.6 Å². The molecule has 0 atom stereocenters. The van der Waals surface area contributed by atoms with Crippen molar-refractivity contribution >= 4 is 11.6 Å². The lowest BCUT2D eigenvalue weighted by atomic mass is 10.1. The van der Waals surface area contributed by atoms with E-state index in [1.54, 1.807) is 6.92 Å². The van der Waals surface area contributed by atoms with Crippen LogP contribution < -0.4 is 5.32 Å². The first-order valence-corrected chi connectivity index (χ1v) is 6.68. The summed E-state index contributed by atoms with van der Waals surface area (Å²) in [6, 6.07) is 2.86. The molecule has 4 nitrogen and oxygen atoms in total. The van der Waals surface area contributed by atoms with Crippen molar-refractivity contribution in [3.05, 3.63) is 46.8 Å². The van der Waals surface area contributed by atoms with Gasteiger partial charge in [0.15, 0.2) is 0 Å². The number of carbonyl (C=O) groups excluding carboxylic acids is 1. The summed E-state index contributed by atoms with van der Waals surface area (Å²) in [5.41, 5.74) is 1.77. The molecule has 6 heteroatoms. The molecule has 21 heavy (non-hydrogen) atoms. The molecule has 0 fully saturated rings. The summed E-state index contributed by atoms with van der Waals surface area (Å²) >= 11 is 0. The van der Waals surface area contributed by atoms with E-state index in [4.69, 9.17) is 0 Å². The molecule has 0 aliphatic heterocycles. The summed E-state index contributed by atoms with van der Waals surface area (Å²) in [6.45, 7) is 5.85. The minimum atomic E-state index is -0.890. The number of H-pyrrole nitrogens is 1. The fraction of sp³-hybridized carbons (Fsp3) is 0.333. The number of benzene rings is 1. The summed E-state index contributed by atoms with van der Waals surface area (Å²) in [4.78, 5) is 12.1. The highest BCUT2D eigenvalue weighted by atomic mass is 19.1. The predicted molar refractivity (Wildman–Crippen MR) is 76.2 cm³/mol. The number of hydrogen-bond donors (Lipinski definition) is 2. The number of carbonyl (C=O) groups is 1. The van der Waals surface area contributed by atoms with Crippen LogP contribution in [0.25, 0.3) is 0 Å². The number of aromatic amines is 1. The molecule has 112 valence electrons. The lowest BCUT2D eigenvalue weighted by Crippen LogP contribution is -2.15. The second kappa shape index (κ2) is 6.03. The van der Waals surface area contributed by atoms with E-state index in [0.717, 1.165) is 17.8 Å². The van der Waals surface area contributed by atoms with Gasteiger partial charge in [0.25, 0.3) is 5.91 Å². The fourth-order valence-corrected chi connectivity index (χ4v) is 2.03. The molecule has 0 aliphatic carbocycles. The Balaban J connectivity index is 2.25. The van der Waals surface area contributed by atoms with Crippen molar-refractivity contribution in [3.63, 3.8) is 0 Å². The second-order valence-corrected chi connectivity index (χ2v) is 5.35. The molecule has 0 bridgehead atoms. The number of aryl methyl sites for hydroxylation is 1. The number of hydrogen-bond acceptors (Lipinski definition) is 2. The third kappa shape index (κ3) is 3.45. The zero-order valence-electron chi connectivity index (χ0n) is 12.1. The Morgan fingerprint density at radius 2 is 2.10 bits per heavy atom. The Kier molecular flexibility index (Phi) is 4.35. The SMILES string of the molecule is Cc1[nH]nc(CC(C)C)c1NC(=O)c1ccc(F)cc1F. The molecule has 2 aromatic rings. The zero-order valence-corrected chi connectivity index (χ0v) is 12.1. The average Bonchev–Trinajstić information content (AvgIpc) is 2.70. The van der Waals surface area contributed by atoms with Crippen molar-refractivity contribution in [3.8, 4) is 0 Å². The number of rotatable bonds is 4. The van der Waals surface area contributed by atoms with Crippen LogP contribution in [0.3, 0.4) is 0 Å². The van der Waals surface area contributed by atoms with Gasteiger partial charge in [0.2, 0.25) is 0 Å². The highest BCUT2D eigenvalue weighted by molar-refractivity contribution is 6.05. The van der Waals surface area contributed by atoms with E-state index in [1.165, 1.54) is 0 Å². The van der Waals surface area contributed by atoms with Gasteiger partial charge in [-0.25, -0.2) is 8.78 Å². The molecule has 0 aliphatic rings. The minimum absolute atomic E-state index is 0.201.